The van der Waals surface area contributed by atoms with Crippen LogP contribution in [0.5, 0.6) is 0 Å². The lowest BCUT2D eigenvalue weighted by Gasteiger charge is -2.27. The molecule has 0 fully saturated rings. The molecule has 5 nitrogen and oxygen atoms in total. The predicted octanol–water partition coefficient (Wildman–Crippen LogP) is 3.43. The van der Waals surface area contributed by atoms with Gasteiger partial charge in [0.15, 0.2) is 4.96 Å². The van der Waals surface area contributed by atoms with Crippen LogP contribution in [0.3, 0.4) is 0 Å². The maximum atomic E-state index is 13.2. The number of carbonyl (C=O) groups excluding carboxylic acids is 1. The smallest absolute Gasteiger partial charge is 0.271 e. The van der Waals surface area contributed by atoms with Gasteiger partial charge in [-0.25, -0.2) is 9.37 Å². The first-order chi connectivity index (χ1) is 11.9. The standard InChI is InChI=1S/C18H18FN3O2S/c1-4-15(12-5-7-13(19)8-6-12)21(3)16(23)14-9-20-18-22(17(14)24)10-11(2)25-18/h5-10,15H,4H2,1-3H3/t15-/m0/s1. The molecule has 1 atom stereocenters. The molecule has 130 valence electrons. The van der Waals surface area contributed by atoms with E-state index in [1.54, 1.807) is 25.4 Å². The van der Waals surface area contributed by atoms with E-state index in [9.17, 15) is 14.0 Å². The maximum Gasteiger partial charge on any atom is 0.271 e. The Morgan fingerprint density at radius 3 is 2.68 bits per heavy atom. The summed E-state index contributed by atoms with van der Waals surface area (Å²) in [7, 11) is 1.65. The zero-order valence-electron chi connectivity index (χ0n) is 14.2. The minimum atomic E-state index is -0.396. The van der Waals surface area contributed by atoms with Gasteiger partial charge in [0.25, 0.3) is 11.5 Å². The molecular formula is C18H18FN3O2S. The van der Waals surface area contributed by atoms with Gasteiger partial charge in [-0.3, -0.25) is 14.0 Å². The van der Waals surface area contributed by atoms with E-state index in [1.165, 1.54) is 39.0 Å². The predicted molar refractivity (Wildman–Crippen MR) is 95.6 cm³/mol. The Bertz CT molecular complexity index is 978. The van der Waals surface area contributed by atoms with E-state index in [0.717, 1.165) is 10.4 Å². The number of aromatic nitrogens is 2. The van der Waals surface area contributed by atoms with Crippen LogP contribution >= 0.6 is 11.3 Å². The number of benzene rings is 1. The van der Waals surface area contributed by atoms with Crippen molar-refractivity contribution in [1.82, 2.24) is 14.3 Å². The van der Waals surface area contributed by atoms with Crippen LogP contribution < -0.4 is 5.56 Å². The van der Waals surface area contributed by atoms with Gasteiger partial charge in [0, 0.05) is 24.3 Å². The SMILES string of the molecule is CC[C@@H](c1ccc(F)cc1)N(C)C(=O)c1cnc2sc(C)cn2c1=O. The quantitative estimate of drug-likeness (QED) is 0.717. The van der Waals surface area contributed by atoms with Crippen LogP contribution in [0.2, 0.25) is 0 Å². The third-order valence-corrected chi connectivity index (χ3v) is 5.09. The van der Waals surface area contributed by atoms with Crippen LogP contribution in [0.15, 0.2) is 41.5 Å². The number of fused-ring (bicyclic) bond motifs is 1. The third kappa shape index (κ3) is 3.19. The summed E-state index contributed by atoms with van der Waals surface area (Å²) in [6.45, 7) is 3.82. The van der Waals surface area contributed by atoms with E-state index >= 15 is 0 Å². The molecule has 2 aromatic heterocycles. The number of halogens is 1. The van der Waals surface area contributed by atoms with Crippen LogP contribution in [-0.2, 0) is 0 Å². The number of amides is 1. The minimum Gasteiger partial charge on any atom is -0.334 e. The summed E-state index contributed by atoms with van der Waals surface area (Å²) >= 11 is 1.40. The molecule has 0 N–H and O–H groups in total. The van der Waals surface area contributed by atoms with Crippen molar-refractivity contribution in [2.24, 2.45) is 0 Å². The van der Waals surface area contributed by atoms with Gasteiger partial charge in [0.2, 0.25) is 0 Å². The van der Waals surface area contributed by atoms with Gasteiger partial charge in [-0.1, -0.05) is 19.1 Å². The highest BCUT2D eigenvalue weighted by molar-refractivity contribution is 7.16. The zero-order valence-corrected chi connectivity index (χ0v) is 15.0. The van der Waals surface area contributed by atoms with Crippen LogP contribution in [-0.4, -0.2) is 27.2 Å². The molecule has 7 heteroatoms. The average molecular weight is 359 g/mol. The van der Waals surface area contributed by atoms with Crippen molar-refractivity contribution < 1.29 is 9.18 Å². The van der Waals surface area contributed by atoms with Crippen LogP contribution in [0.4, 0.5) is 4.39 Å². The molecule has 0 bridgehead atoms. The summed E-state index contributed by atoms with van der Waals surface area (Å²) in [5, 5.41) is 0. The largest absolute Gasteiger partial charge is 0.334 e. The second kappa shape index (κ2) is 6.76. The molecule has 0 aliphatic heterocycles. The molecule has 1 aromatic carbocycles. The Morgan fingerprint density at radius 2 is 2.04 bits per heavy atom. The molecule has 3 rings (SSSR count). The number of hydrogen-bond donors (Lipinski definition) is 0. The molecule has 1 amide bonds. The second-order valence-corrected chi connectivity index (χ2v) is 7.08. The first-order valence-electron chi connectivity index (χ1n) is 7.92. The Labute approximate surface area is 148 Å². The molecule has 0 radical (unpaired) electrons. The Kier molecular flexibility index (Phi) is 4.67. The lowest BCUT2D eigenvalue weighted by atomic mass is 10.0. The fourth-order valence-corrected chi connectivity index (χ4v) is 3.68. The van der Waals surface area contributed by atoms with Crippen LogP contribution in [0, 0.1) is 12.7 Å². The number of carbonyl (C=O) groups is 1. The summed E-state index contributed by atoms with van der Waals surface area (Å²) in [5.74, 6) is -0.722. The Morgan fingerprint density at radius 1 is 1.36 bits per heavy atom. The van der Waals surface area contributed by atoms with E-state index in [1.807, 2.05) is 13.8 Å². The molecule has 0 spiro atoms. The summed E-state index contributed by atoms with van der Waals surface area (Å²) in [5.41, 5.74) is 0.471. The molecule has 2 heterocycles. The highest BCUT2D eigenvalue weighted by Crippen LogP contribution is 2.24. The van der Waals surface area contributed by atoms with Crippen molar-refractivity contribution in [3.8, 4) is 0 Å². The summed E-state index contributed by atoms with van der Waals surface area (Å²) in [6.07, 6.45) is 3.66. The van der Waals surface area contributed by atoms with Gasteiger partial charge in [-0.15, -0.1) is 11.3 Å². The summed E-state index contributed by atoms with van der Waals surface area (Å²) < 4.78 is 14.6. The fourth-order valence-electron chi connectivity index (χ4n) is 2.89. The van der Waals surface area contributed by atoms with E-state index in [4.69, 9.17) is 0 Å². The molecule has 0 aliphatic carbocycles. The summed E-state index contributed by atoms with van der Waals surface area (Å²) in [4.78, 5) is 32.7. The van der Waals surface area contributed by atoms with Gasteiger partial charge >= 0.3 is 0 Å². The lowest BCUT2D eigenvalue weighted by Crippen LogP contribution is -2.35. The summed E-state index contributed by atoms with van der Waals surface area (Å²) in [6, 6.07) is 5.80. The number of rotatable bonds is 4. The molecule has 3 aromatic rings. The van der Waals surface area contributed by atoms with E-state index in [0.29, 0.717) is 11.4 Å². The van der Waals surface area contributed by atoms with Gasteiger partial charge < -0.3 is 4.90 Å². The first-order valence-corrected chi connectivity index (χ1v) is 8.74. The number of thiazole rings is 1. The van der Waals surface area contributed by atoms with E-state index in [-0.39, 0.29) is 23.0 Å². The van der Waals surface area contributed by atoms with E-state index in [2.05, 4.69) is 4.98 Å². The number of aryl methyl sites for hydroxylation is 1. The zero-order chi connectivity index (χ0) is 18.1. The molecule has 0 saturated carbocycles. The highest BCUT2D eigenvalue weighted by Gasteiger charge is 2.24. The molecule has 0 unspecified atom stereocenters. The fraction of sp³-hybridized carbons (Fsp3) is 0.278. The van der Waals surface area contributed by atoms with Crippen molar-refractivity contribution in [2.75, 3.05) is 7.05 Å². The number of nitrogens with zero attached hydrogens (tertiary/aromatic N) is 3. The Balaban J connectivity index is 1.97. The molecular weight excluding hydrogens is 341 g/mol. The first kappa shape index (κ1) is 17.3. The highest BCUT2D eigenvalue weighted by atomic mass is 32.1. The van der Waals surface area contributed by atoms with Crippen molar-refractivity contribution in [1.29, 1.82) is 0 Å². The van der Waals surface area contributed by atoms with Crippen molar-refractivity contribution >= 4 is 22.2 Å². The number of hydrogen-bond acceptors (Lipinski definition) is 4. The molecule has 0 aliphatic rings. The van der Waals surface area contributed by atoms with Gasteiger partial charge in [-0.05, 0) is 31.0 Å². The Hall–Kier alpha value is -2.54. The van der Waals surface area contributed by atoms with Crippen molar-refractivity contribution in [3.63, 3.8) is 0 Å². The van der Waals surface area contributed by atoms with Crippen LogP contribution in [0.25, 0.3) is 4.96 Å². The average Bonchev–Trinajstić information content (AvgIpc) is 2.98. The van der Waals surface area contributed by atoms with Gasteiger partial charge in [0.05, 0.1) is 6.04 Å². The van der Waals surface area contributed by atoms with Gasteiger partial charge in [0.1, 0.15) is 11.4 Å². The maximum absolute atomic E-state index is 13.2. The van der Waals surface area contributed by atoms with Crippen molar-refractivity contribution in [2.45, 2.75) is 26.3 Å². The second-order valence-electron chi connectivity index (χ2n) is 5.86. The molecule has 25 heavy (non-hydrogen) atoms. The lowest BCUT2D eigenvalue weighted by molar-refractivity contribution is 0.0723. The van der Waals surface area contributed by atoms with E-state index < -0.39 is 5.91 Å². The minimum absolute atomic E-state index is 0.0263. The third-order valence-electron chi connectivity index (χ3n) is 4.18. The topological polar surface area (TPSA) is 54.7 Å². The normalized spacial score (nSPS) is 12.3. The van der Waals surface area contributed by atoms with Crippen molar-refractivity contribution in [3.05, 3.63) is 68.8 Å². The molecule has 0 saturated heterocycles. The van der Waals surface area contributed by atoms with Crippen LogP contribution in [0.1, 0.15) is 40.2 Å². The monoisotopic (exact) mass is 359 g/mol. The van der Waals surface area contributed by atoms with Gasteiger partial charge in [-0.2, -0.15) is 0 Å².